The molecule has 2 aliphatic carbocycles. The standard InChI is InChI=1S/C14H18BrN/c15-12-5-3-4-11-10(12)6-7-13(16)14(11)8-1-2-9-14/h3-5,13H,1-2,6-9,16H2. The normalized spacial score (nSPS) is 27.0. The minimum absolute atomic E-state index is 0.303. The summed E-state index contributed by atoms with van der Waals surface area (Å²) in [6, 6.07) is 7.01. The van der Waals surface area contributed by atoms with Crippen molar-refractivity contribution in [2.24, 2.45) is 5.73 Å². The van der Waals surface area contributed by atoms with Crippen LogP contribution in [0.5, 0.6) is 0 Å². The van der Waals surface area contributed by atoms with E-state index >= 15 is 0 Å². The molecule has 0 bridgehead atoms. The summed E-state index contributed by atoms with van der Waals surface area (Å²) >= 11 is 3.69. The molecule has 0 radical (unpaired) electrons. The molecule has 0 heterocycles. The number of fused-ring (bicyclic) bond motifs is 2. The van der Waals surface area contributed by atoms with Crippen molar-refractivity contribution in [2.45, 2.75) is 50.0 Å². The Morgan fingerprint density at radius 3 is 2.75 bits per heavy atom. The number of nitrogens with two attached hydrogens (primary N) is 1. The van der Waals surface area contributed by atoms with Gasteiger partial charge in [-0.25, -0.2) is 0 Å². The molecule has 2 aliphatic rings. The van der Waals surface area contributed by atoms with Crippen molar-refractivity contribution in [3.05, 3.63) is 33.8 Å². The molecule has 1 fully saturated rings. The van der Waals surface area contributed by atoms with Gasteiger partial charge in [-0.2, -0.15) is 0 Å². The molecule has 0 amide bonds. The minimum atomic E-state index is 0.303. The first-order valence-electron chi connectivity index (χ1n) is 6.27. The maximum atomic E-state index is 6.42. The minimum Gasteiger partial charge on any atom is -0.327 e. The third-order valence-electron chi connectivity index (χ3n) is 4.57. The lowest BCUT2D eigenvalue weighted by molar-refractivity contribution is 0.313. The lowest BCUT2D eigenvalue weighted by Gasteiger charge is -2.41. The highest BCUT2D eigenvalue weighted by molar-refractivity contribution is 9.10. The molecule has 16 heavy (non-hydrogen) atoms. The molecule has 86 valence electrons. The molecule has 1 nitrogen and oxygen atoms in total. The van der Waals surface area contributed by atoms with Crippen LogP contribution in [0.15, 0.2) is 22.7 Å². The number of halogens is 1. The van der Waals surface area contributed by atoms with Gasteiger partial charge in [0.05, 0.1) is 0 Å². The summed E-state index contributed by atoms with van der Waals surface area (Å²) in [4.78, 5) is 0. The van der Waals surface area contributed by atoms with E-state index in [4.69, 9.17) is 5.73 Å². The van der Waals surface area contributed by atoms with Crippen LogP contribution in [-0.2, 0) is 11.8 Å². The third-order valence-corrected chi connectivity index (χ3v) is 5.31. The predicted octanol–water partition coefficient (Wildman–Crippen LogP) is 3.53. The van der Waals surface area contributed by atoms with Gasteiger partial charge in [0, 0.05) is 15.9 Å². The molecular formula is C14H18BrN. The van der Waals surface area contributed by atoms with Crippen LogP contribution in [0.1, 0.15) is 43.2 Å². The first kappa shape index (κ1) is 10.8. The SMILES string of the molecule is NC1CCc2c(Br)cccc2C12CCCC2. The van der Waals surface area contributed by atoms with Crippen LogP contribution in [-0.4, -0.2) is 6.04 Å². The number of benzene rings is 1. The van der Waals surface area contributed by atoms with Gasteiger partial charge in [0.15, 0.2) is 0 Å². The Morgan fingerprint density at radius 2 is 2.00 bits per heavy atom. The molecule has 0 aliphatic heterocycles. The maximum absolute atomic E-state index is 6.42. The van der Waals surface area contributed by atoms with Crippen LogP contribution >= 0.6 is 15.9 Å². The van der Waals surface area contributed by atoms with Gasteiger partial charge in [-0.15, -0.1) is 0 Å². The first-order valence-corrected chi connectivity index (χ1v) is 7.07. The summed E-state index contributed by atoms with van der Waals surface area (Å²) in [7, 11) is 0. The molecule has 1 saturated carbocycles. The zero-order valence-corrected chi connectivity index (χ0v) is 11.1. The third kappa shape index (κ3) is 1.39. The van der Waals surface area contributed by atoms with Crippen molar-refractivity contribution < 1.29 is 0 Å². The van der Waals surface area contributed by atoms with Gasteiger partial charge in [0.25, 0.3) is 0 Å². The second-order valence-electron chi connectivity index (χ2n) is 5.27. The van der Waals surface area contributed by atoms with Gasteiger partial charge in [0.2, 0.25) is 0 Å². The van der Waals surface area contributed by atoms with E-state index in [1.165, 1.54) is 41.3 Å². The lowest BCUT2D eigenvalue weighted by atomic mass is 9.66. The highest BCUT2D eigenvalue weighted by Crippen LogP contribution is 2.49. The van der Waals surface area contributed by atoms with Crippen molar-refractivity contribution in [1.82, 2.24) is 0 Å². The Labute approximate surface area is 106 Å². The molecule has 0 aromatic heterocycles. The van der Waals surface area contributed by atoms with E-state index in [0.717, 1.165) is 12.8 Å². The van der Waals surface area contributed by atoms with Crippen LogP contribution in [0.25, 0.3) is 0 Å². The summed E-state index contributed by atoms with van der Waals surface area (Å²) in [5, 5.41) is 0. The molecule has 3 rings (SSSR count). The van der Waals surface area contributed by atoms with E-state index in [9.17, 15) is 0 Å². The predicted molar refractivity (Wildman–Crippen MR) is 70.6 cm³/mol. The van der Waals surface area contributed by atoms with Gasteiger partial charge in [-0.1, -0.05) is 40.9 Å². The van der Waals surface area contributed by atoms with Crippen LogP contribution in [0, 0.1) is 0 Å². The van der Waals surface area contributed by atoms with Crippen molar-refractivity contribution in [3.8, 4) is 0 Å². The first-order chi connectivity index (χ1) is 7.74. The number of hydrogen-bond donors (Lipinski definition) is 1. The fourth-order valence-electron chi connectivity index (χ4n) is 3.70. The van der Waals surface area contributed by atoms with Gasteiger partial charge in [-0.3, -0.25) is 0 Å². The fourth-order valence-corrected chi connectivity index (χ4v) is 4.27. The van der Waals surface area contributed by atoms with E-state index in [1.807, 2.05) is 0 Å². The molecular weight excluding hydrogens is 262 g/mol. The molecule has 2 heteroatoms. The van der Waals surface area contributed by atoms with Crippen LogP contribution < -0.4 is 5.73 Å². The van der Waals surface area contributed by atoms with Crippen molar-refractivity contribution in [3.63, 3.8) is 0 Å². The average Bonchev–Trinajstić information content (AvgIpc) is 2.75. The van der Waals surface area contributed by atoms with Crippen LogP contribution in [0.4, 0.5) is 0 Å². The summed E-state index contributed by atoms with van der Waals surface area (Å²) in [6.07, 6.45) is 7.56. The van der Waals surface area contributed by atoms with E-state index in [2.05, 4.69) is 34.1 Å². The summed E-state index contributed by atoms with van der Waals surface area (Å²) in [5.74, 6) is 0. The zero-order chi connectivity index (χ0) is 11.2. The Kier molecular flexibility index (Phi) is 2.60. The van der Waals surface area contributed by atoms with E-state index < -0.39 is 0 Å². The summed E-state index contributed by atoms with van der Waals surface area (Å²) in [6.45, 7) is 0. The highest BCUT2D eigenvalue weighted by Gasteiger charge is 2.44. The molecule has 1 aromatic rings. The van der Waals surface area contributed by atoms with Gasteiger partial charge in [0.1, 0.15) is 0 Å². The van der Waals surface area contributed by atoms with Crippen molar-refractivity contribution >= 4 is 15.9 Å². The van der Waals surface area contributed by atoms with Crippen LogP contribution in [0.2, 0.25) is 0 Å². The average molecular weight is 280 g/mol. The smallest absolute Gasteiger partial charge is 0.0210 e. The molecule has 2 N–H and O–H groups in total. The van der Waals surface area contributed by atoms with Crippen molar-refractivity contribution in [1.29, 1.82) is 0 Å². The van der Waals surface area contributed by atoms with Gasteiger partial charge < -0.3 is 5.73 Å². The van der Waals surface area contributed by atoms with Gasteiger partial charge in [-0.05, 0) is 42.9 Å². The topological polar surface area (TPSA) is 26.0 Å². The molecule has 1 aromatic carbocycles. The molecule has 1 unspecified atom stereocenters. The quantitative estimate of drug-likeness (QED) is 0.773. The highest BCUT2D eigenvalue weighted by atomic mass is 79.9. The van der Waals surface area contributed by atoms with E-state index in [-0.39, 0.29) is 0 Å². The summed E-state index contributed by atoms with van der Waals surface area (Å²) in [5.41, 5.74) is 9.79. The Hall–Kier alpha value is -0.340. The number of rotatable bonds is 0. The summed E-state index contributed by atoms with van der Waals surface area (Å²) < 4.78 is 1.28. The molecule has 0 saturated heterocycles. The molecule has 1 spiro atoms. The molecule has 1 atom stereocenters. The van der Waals surface area contributed by atoms with Crippen molar-refractivity contribution in [2.75, 3.05) is 0 Å². The largest absolute Gasteiger partial charge is 0.327 e. The van der Waals surface area contributed by atoms with Gasteiger partial charge >= 0.3 is 0 Å². The maximum Gasteiger partial charge on any atom is 0.0210 e. The Morgan fingerprint density at radius 1 is 1.25 bits per heavy atom. The monoisotopic (exact) mass is 279 g/mol. The lowest BCUT2D eigenvalue weighted by Crippen LogP contribution is -2.47. The zero-order valence-electron chi connectivity index (χ0n) is 9.51. The Balaban J connectivity index is 2.17. The van der Waals surface area contributed by atoms with Crippen LogP contribution in [0.3, 0.4) is 0 Å². The number of hydrogen-bond acceptors (Lipinski definition) is 1. The Bertz CT molecular complexity index is 407. The second-order valence-corrected chi connectivity index (χ2v) is 6.13. The fraction of sp³-hybridized carbons (Fsp3) is 0.571. The second kappa shape index (κ2) is 3.85. The van der Waals surface area contributed by atoms with E-state index in [0.29, 0.717) is 11.5 Å². The van der Waals surface area contributed by atoms with E-state index in [1.54, 1.807) is 0 Å².